The van der Waals surface area contributed by atoms with Gasteiger partial charge in [-0.25, -0.2) is 9.59 Å². The molecule has 6 heteroatoms. The molecule has 0 fully saturated rings. The Morgan fingerprint density at radius 3 is 1.25 bits per heavy atom. The first-order valence-corrected chi connectivity index (χ1v) is 8.42. The number of carbonyl (C=O) groups excluding carboxylic acids is 2. The lowest BCUT2D eigenvalue weighted by Crippen LogP contribution is -2.12. The fraction of sp³-hybridized carbons (Fsp3) is 0.0909. The van der Waals surface area contributed by atoms with Crippen molar-refractivity contribution in [3.63, 3.8) is 0 Å². The van der Waals surface area contributed by atoms with Gasteiger partial charge in [0.15, 0.2) is 11.5 Å². The molecule has 0 spiro atoms. The minimum Gasteiger partial charge on any atom is -0.497 e. The summed E-state index contributed by atoms with van der Waals surface area (Å²) in [5.41, 5.74) is 0.689. The van der Waals surface area contributed by atoms with Crippen molar-refractivity contribution in [3.05, 3.63) is 83.9 Å². The Morgan fingerprint density at radius 2 is 0.929 bits per heavy atom. The Hall–Kier alpha value is -3.80. The Labute approximate surface area is 162 Å². The number of hydrogen-bond donors (Lipinski definition) is 0. The van der Waals surface area contributed by atoms with Gasteiger partial charge in [0.2, 0.25) is 0 Å². The summed E-state index contributed by atoms with van der Waals surface area (Å²) in [7, 11) is 3.08. The third-order valence-corrected chi connectivity index (χ3v) is 3.91. The monoisotopic (exact) mass is 378 g/mol. The van der Waals surface area contributed by atoms with E-state index >= 15 is 0 Å². The number of hydrogen-bond acceptors (Lipinski definition) is 6. The topological polar surface area (TPSA) is 71.1 Å². The van der Waals surface area contributed by atoms with E-state index in [4.69, 9.17) is 18.9 Å². The van der Waals surface area contributed by atoms with Crippen LogP contribution in [0.2, 0.25) is 0 Å². The van der Waals surface area contributed by atoms with Crippen LogP contribution in [0.3, 0.4) is 0 Å². The van der Waals surface area contributed by atoms with Gasteiger partial charge in [-0.05, 0) is 60.7 Å². The van der Waals surface area contributed by atoms with Gasteiger partial charge in [-0.15, -0.1) is 0 Å². The molecule has 0 bridgehead atoms. The number of benzene rings is 3. The molecule has 3 aromatic carbocycles. The van der Waals surface area contributed by atoms with E-state index in [9.17, 15) is 9.59 Å². The zero-order valence-corrected chi connectivity index (χ0v) is 15.4. The van der Waals surface area contributed by atoms with Gasteiger partial charge < -0.3 is 18.9 Å². The molecule has 0 aliphatic rings. The summed E-state index contributed by atoms with van der Waals surface area (Å²) in [6.07, 6.45) is 0. The number of carbonyl (C=O) groups is 2. The third kappa shape index (κ3) is 4.48. The van der Waals surface area contributed by atoms with E-state index in [1.807, 2.05) is 0 Å². The second-order valence-electron chi connectivity index (χ2n) is 5.68. The molecule has 3 aromatic rings. The van der Waals surface area contributed by atoms with Crippen molar-refractivity contribution < 1.29 is 28.5 Å². The van der Waals surface area contributed by atoms with E-state index < -0.39 is 11.9 Å². The smallest absolute Gasteiger partial charge is 0.343 e. The maximum atomic E-state index is 12.4. The van der Waals surface area contributed by atoms with Gasteiger partial charge >= 0.3 is 11.9 Å². The van der Waals surface area contributed by atoms with Crippen LogP contribution in [0.1, 0.15) is 20.7 Å². The van der Waals surface area contributed by atoms with Crippen LogP contribution >= 0.6 is 0 Å². The van der Waals surface area contributed by atoms with Crippen molar-refractivity contribution in [1.82, 2.24) is 0 Å². The van der Waals surface area contributed by atoms with Crippen LogP contribution < -0.4 is 18.9 Å². The predicted molar refractivity (Wildman–Crippen MR) is 102 cm³/mol. The first-order valence-electron chi connectivity index (χ1n) is 8.42. The van der Waals surface area contributed by atoms with Crippen molar-refractivity contribution >= 4 is 11.9 Å². The van der Waals surface area contributed by atoms with Gasteiger partial charge in [0.1, 0.15) is 11.5 Å². The standard InChI is InChI=1S/C22H18O6/c1-25-17-11-7-15(8-12-17)21(23)27-19-5-3-4-6-20(19)28-22(24)16-9-13-18(26-2)14-10-16/h3-14H,1-2H3. The summed E-state index contributed by atoms with van der Waals surface area (Å²) in [6, 6.07) is 19.5. The summed E-state index contributed by atoms with van der Waals surface area (Å²) in [6.45, 7) is 0. The zero-order chi connectivity index (χ0) is 19.9. The molecule has 0 heterocycles. The van der Waals surface area contributed by atoms with Gasteiger partial charge in [0.05, 0.1) is 25.3 Å². The molecule has 142 valence electrons. The number of esters is 2. The predicted octanol–water partition coefficient (Wildman–Crippen LogP) is 4.14. The molecular weight excluding hydrogens is 360 g/mol. The maximum absolute atomic E-state index is 12.4. The van der Waals surface area contributed by atoms with Crippen molar-refractivity contribution in [2.24, 2.45) is 0 Å². The quantitative estimate of drug-likeness (QED) is 0.474. The van der Waals surface area contributed by atoms with E-state index in [1.165, 1.54) is 0 Å². The Kier molecular flexibility index (Phi) is 5.91. The van der Waals surface area contributed by atoms with Gasteiger partial charge in [-0.3, -0.25) is 0 Å². The first-order chi connectivity index (χ1) is 13.6. The Balaban J connectivity index is 1.74. The molecule has 0 N–H and O–H groups in total. The molecule has 0 aliphatic heterocycles. The molecule has 0 radical (unpaired) electrons. The average Bonchev–Trinajstić information content (AvgIpc) is 2.75. The van der Waals surface area contributed by atoms with E-state index in [0.717, 1.165) is 0 Å². The van der Waals surface area contributed by atoms with E-state index in [2.05, 4.69) is 0 Å². The number of para-hydroxylation sites is 2. The summed E-state index contributed by atoms with van der Waals surface area (Å²) < 4.78 is 20.9. The van der Waals surface area contributed by atoms with Crippen molar-refractivity contribution in [1.29, 1.82) is 0 Å². The normalized spacial score (nSPS) is 10.1. The summed E-state index contributed by atoms with van der Waals surface area (Å²) >= 11 is 0. The number of rotatable bonds is 6. The highest BCUT2D eigenvalue weighted by Gasteiger charge is 2.16. The molecule has 0 atom stereocenters. The van der Waals surface area contributed by atoms with E-state index in [1.54, 1.807) is 87.0 Å². The second-order valence-corrected chi connectivity index (χ2v) is 5.68. The fourth-order valence-electron chi connectivity index (χ4n) is 2.39. The van der Waals surface area contributed by atoms with Crippen molar-refractivity contribution in [2.75, 3.05) is 14.2 Å². The lowest BCUT2D eigenvalue weighted by atomic mass is 10.2. The molecule has 28 heavy (non-hydrogen) atoms. The minimum atomic E-state index is -0.574. The lowest BCUT2D eigenvalue weighted by Gasteiger charge is -2.11. The largest absolute Gasteiger partial charge is 0.497 e. The van der Waals surface area contributed by atoms with Gasteiger partial charge in [0, 0.05) is 0 Å². The van der Waals surface area contributed by atoms with Crippen LogP contribution in [-0.4, -0.2) is 26.2 Å². The highest BCUT2D eigenvalue weighted by atomic mass is 16.6. The molecule has 0 amide bonds. The van der Waals surface area contributed by atoms with Crippen molar-refractivity contribution in [2.45, 2.75) is 0 Å². The number of ether oxygens (including phenoxy) is 4. The van der Waals surface area contributed by atoms with Crippen LogP contribution in [0.15, 0.2) is 72.8 Å². The lowest BCUT2D eigenvalue weighted by molar-refractivity contribution is 0.0682. The number of methoxy groups -OCH3 is 2. The highest BCUT2D eigenvalue weighted by molar-refractivity contribution is 5.93. The summed E-state index contributed by atoms with van der Waals surface area (Å²) in [5.74, 6) is 0.400. The molecule has 3 rings (SSSR count). The summed E-state index contributed by atoms with van der Waals surface area (Å²) in [4.78, 5) is 24.7. The van der Waals surface area contributed by atoms with Gasteiger partial charge in [-0.2, -0.15) is 0 Å². The van der Waals surface area contributed by atoms with Crippen LogP contribution in [0.5, 0.6) is 23.0 Å². The third-order valence-electron chi connectivity index (χ3n) is 3.91. The van der Waals surface area contributed by atoms with Crippen LogP contribution in [0.4, 0.5) is 0 Å². The Bertz CT molecular complexity index is 881. The van der Waals surface area contributed by atoms with Crippen LogP contribution in [0, 0.1) is 0 Å². The maximum Gasteiger partial charge on any atom is 0.343 e. The van der Waals surface area contributed by atoms with Gasteiger partial charge in [0.25, 0.3) is 0 Å². The molecule has 0 saturated heterocycles. The van der Waals surface area contributed by atoms with Crippen LogP contribution in [-0.2, 0) is 0 Å². The Morgan fingerprint density at radius 1 is 0.571 bits per heavy atom. The molecule has 0 saturated carbocycles. The first kappa shape index (κ1) is 19.0. The molecular formula is C22H18O6. The zero-order valence-electron chi connectivity index (χ0n) is 15.4. The van der Waals surface area contributed by atoms with E-state index in [-0.39, 0.29) is 11.5 Å². The SMILES string of the molecule is COc1ccc(C(=O)Oc2ccccc2OC(=O)c2ccc(OC)cc2)cc1. The average molecular weight is 378 g/mol. The second kappa shape index (κ2) is 8.73. The molecule has 0 unspecified atom stereocenters. The van der Waals surface area contributed by atoms with Gasteiger partial charge in [-0.1, -0.05) is 12.1 Å². The van der Waals surface area contributed by atoms with E-state index in [0.29, 0.717) is 22.6 Å². The fourth-order valence-corrected chi connectivity index (χ4v) is 2.39. The molecule has 0 aliphatic carbocycles. The van der Waals surface area contributed by atoms with Crippen molar-refractivity contribution in [3.8, 4) is 23.0 Å². The van der Waals surface area contributed by atoms with Crippen LogP contribution in [0.25, 0.3) is 0 Å². The molecule has 0 aromatic heterocycles. The summed E-state index contributed by atoms with van der Waals surface area (Å²) in [5, 5.41) is 0. The minimum absolute atomic E-state index is 0.144. The highest BCUT2D eigenvalue weighted by Crippen LogP contribution is 2.28. The molecule has 6 nitrogen and oxygen atoms in total.